The third-order valence-electron chi connectivity index (χ3n) is 7.65. The van der Waals surface area contributed by atoms with Crippen LogP contribution in [0.5, 0.6) is 11.5 Å². The number of piperidine rings is 1. The number of anilines is 1. The number of amides is 1. The highest BCUT2D eigenvalue weighted by atomic mass is 32.1. The number of hydrogen-bond donors (Lipinski definition) is 1. The van der Waals surface area contributed by atoms with E-state index in [4.69, 9.17) is 21.7 Å². The summed E-state index contributed by atoms with van der Waals surface area (Å²) in [6.07, 6.45) is 7.04. The highest BCUT2D eigenvalue weighted by Crippen LogP contribution is 2.41. The lowest BCUT2D eigenvalue weighted by Crippen LogP contribution is -2.45. The SMILES string of the molecule is O=C(c1ccccc1-n1cccc1)N1CCC2(CC1)CCN(C(=S)Nc1ccc3c(c1)OCCO3)C2. The number of hydrogen-bond acceptors (Lipinski definition) is 4. The van der Waals surface area contributed by atoms with Gasteiger partial charge < -0.3 is 29.2 Å². The van der Waals surface area contributed by atoms with Crippen LogP contribution in [0.4, 0.5) is 5.69 Å². The van der Waals surface area contributed by atoms with Crippen molar-refractivity contribution in [3.63, 3.8) is 0 Å². The predicted molar refractivity (Wildman–Crippen MR) is 143 cm³/mol. The molecule has 0 atom stereocenters. The highest BCUT2D eigenvalue weighted by molar-refractivity contribution is 7.80. The number of nitrogens with zero attached hydrogens (tertiary/aromatic N) is 3. The fourth-order valence-electron chi connectivity index (χ4n) is 5.57. The minimum absolute atomic E-state index is 0.111. The number of carbonyl (C=O) groups excluding carboxylic acids is 1. The fourth-order valence-corrected chi connectivity index (χ4v) is 5.84. The summed E-state index contributed by atoms with van der Waals surface area (Å²) in [5.74, 6) is 1.64. The third kappa shape index (κ3) is 4.41. The minimum Gasteiger partial charge on any atom is -0.486 e. The van der Waals surface area contributed by atoms with Gasteiger partial charge in [-0.15, -0.1) is 0 Å². The number of carbonyl (C=O) groups is 1. The first-order valence-corrected chi connectivity index (χ1v) is 13.0. The Bertz CT molecular complexity index is 1270. The van der Waals surface area contributed by atoms with Crippen LogP contribution in [0.3, 0.4) is 0 Å². The van der Waals surface area contributed by atoms with Gasteiger partial charge in [-0.1, -0.05) is 12.1 Å². The van der Waals surface area contributed by atoms with Crippen LogP contribution in [0, 0.1) is 5.41 Å². The molecular formula is C28H30N4O3S. The van der Waals surface area contributed by atoms with E-state index in [1.165, 1.54) is 0 Å². The molecule has 0 aliphatic carbocycles. The van der Waals surface area contributed by atoms with E-state index in [9.17, 15) is 4.79 Å². The molecule has 0 saturated carbocycles. The van der Waals surface area contributed by atoms with Crippen molar-refractivity contribution < 1.29 is 14.3 Å². The lowest BCUT2D eigenvalue weighted by Gasteiger charge is -2.39. The van der Waals surface area contributed by atoms with Gasteiger partial charge in [-0.05, 0) is 73.3 Å². The summed E-state index contributed by atoms with van der Waals surface area (Å²) in [5, 5.41) is 4.12. The Kier molecular flexibility index (Phi) is 6.05. The molecule has 0 radical (unpaired) electrons. The lowest BCUT2D eigenvalue weighted by atomic mass is 9.77. The van der Waals surface area contributed by atoms with Crippen molar-refractivity contribution in [1.29, 1.82) is 0 Å². The monoisotopic (exact) mass is 502 g/mol. The van der Waals surface area contributed by atoms with E-state index >= 15 is 0 Å². The first kappa shape index (κ1) is 22.9. The molecule has 3 aliphatic heterocycles. The highest BCUT2D eigenvalue weighted by Gasteiger charge is 2.42. The Balaban J connectivity index is 1.07. The average Bonchev–Trinajstić information content (AvgIpc) is 3.60. The Morgan fingerprint density at radius 1 is 0.861 bits per heavy atom. The van der Waals surface area contributed by atoms with Crippen LogP contribution < -0.4 is 14.8 Å². The first-order valence-electron chi connectivity index (χ1n) is 12.6. The molecule has 1 aromatic heterocycles. The molecule has 1 spiro atoms. The number of para-hydroxylation sites is 1. The van der Waals surface area contributed by atoms with Gasteiger partial charge in [-0.3, -0.25) is 4.79 Å². The molecule has 0 bridgehead atoms. The van der Waals surface area contributed by atoms with E-state index in [-0.39, 0.29) is 11.3 Å². The van der Waals surface area contributed by atoms with Crippen LogP contribution in [-0.2, 0) is 0 Å². The van der Waals surface area contributed by atoms with Crippen molar-refractivity contribution in [3.05, 3.63) is 72.6 Å². The summed E-state index contributed by atoms with van der Waals surface area (Å²) in [5.41, 5.74) is 2.79. The van der Waals surface area contributed by atoms with E-state index in [1.54, 1.807) is 0 Å². The number of ether oxygens (including phenoxy) is 2. The number of fused-ring (bicyclic) bond motifs is 1. The van der Waals surface area contributed by atoms with Gasteiger partial charge in [-0.2, -0.15) is 0 Å². The average molecular weight is 503 g/mol. The maximum absolute atomic E-state index is 13.4. The minimum atomic E-state index is 0.111. The summed E-state index contributed by atoms with van der Waals surface area (Å²) in [6, 6.07) is 17.7. The van der Waals surface area contributed by atoms with Crippen molar-refractivity contribution in [2.75, 3.05) is 44.7 Å². The van der Waals surface area contributed by atoms with Crippen LogP contribution >= 0.6 is 12.2 Å². The zero-order valence-electron chi connectivity index (χ0n) is 20.2. The number of likely N-dealkylation sites (tertiary alicyclic amines) is 2. The number of nitrogens with one attached hydrogen (secondary N) is 1. The van der Waals surface area contributed by atoms with Gasteiger partial charge in [0.05, 0.1) is 11.3 Å². The molecule has 1 N–H and O–H groups in total. The van der Waals surface area contributed by atoms with E-state index in [1.807, 2.05) is 76.5 Å². The molecule has 3 aromatic rings. The molecule has 36 heavy (non-hydrogen) atoms. The standard InChI is InChI=1S/C28H30N4O3S/c33-26(22-5-1-2-6-23(22)30-12-3-4-13-30)31-14-9-28(10-15-31)11-16-32(20-28)27(36)29-21-7-8-24-25(19-21)35-18-17-34-24/h1-8,12-13,19H,9-11,14-18,20H2,(H,29,36). The van der Waals surface area contributed by atoms with Crippen LogP contribution in [0.2, 0.25) is 0 Å². The Morgan fingerprint density at radius 3 is 2.33 bits per heavy atom. The zero-order valence-corrected chi connectivity index (χ0v) is 21.0. The maximum Gasteiger partial charge on any atom is 0.255 e. The van der Waals surface area contributed by atoms with Crippen molar-refractivity contribution in [2.45, 2.75) is 19.3 Å². The van der Waals surface area contributed by atoms with Crippen molar-refractivity contribution in [3.8, 4) is 17.2 Å². The summed E-state index contributed by atoms with van der Waals surface area (Å²) in [4.78, 5) is 17.7. The summed E-state index contributed by atoms with van der Waals surface area (Å²) >= 11 is 5.76. The van der Waals surface area contributed by atoms with Gasteiger partial charge in [0.1, 0.15) is 13.2 Å². The Labute approximate surface area is 216 Å². The third-order valence-corrected chi connectivity index (χ3v) is 8.01. The van der Waals surface area contributed by atoms with E-state index in [0.29, 0.717) is 13.2 Å². The maximum atomic E-state index is 13.4. The molecule has 2 aromatic carbocycles. The molecule has 2 fully saturated rings. The number of thiocarbonyl (C=S) groups is 1. The van der Waals surface area contributed by atoms with Crippen molar-refractivity contribution >= 4 is 28.9 Å². The van der Waals surface area contributed by atoms with Crippen LogP contribution in [0.15, 0.2) is 67.0 Å². The molecule has 8 heteroatoms. The number of rotatable bonds is 3. The Morgan fingerprint density at radius 2 is 1.56 bits per heavy atom. The molecule has 3 aliphatic rings. The second kappa shape index (κ2) is 9.50. The molecule has 7 nitrogen and oxygen atoms in total. The summed E-state index contributed by atoms with van der Waals surface area (Å²) < 4.78 is 13.3. The van der Waals surface area contributed by atoms with E-state index in [2.05, 4.69) is 10.2 Å². The van der Waals surface area contributed by atoms with Gasteiger partial charge in [0.2, 0.25) is 0 Å². The predicted octanol–water partition coefficient (Wildman–Crippen LogP) is 4.57. The normalized spacial score (nSPS) is 18.3. The van der Waals surface area contributed by atoms with Gasteiger partial charge >= 0.3 is 0 Å². The van der Waals surface area contributed by atoms with Gasteiger partial charge in [0.25, 0.3) is 5.91 Å². The second-order valence-corrected chi connectivity index (χ2v) is 10.2. The second-order valence-electron chi connectivity index (χ2n) is 9.86. The van der Waals surface area contributed by atoms with Crippen molar-refractivity contribution in [2.24, 2.45) is 5.41 Å². The number of aromatic nitrogens is 1. The number of benzene rings is 2. The van der Waals surface area contributed by atoms with Gasteiger partial charge in [0, 0.05) is 50.3 Å². The quantitative estimate of drug-likeness (QED) is 0.530. The zero-order chi connectivity index (χ0) is 24.5. The van der Waals surface area contributed by atoms with Crippen LogP contribution in [0.1, 0.15) is 29.6 Å². The first-order chi connectivity index (χ1) is 17.6. The molecule has 186 valence electrons. The molecular weight excluding hydrogens is 472 g/mol. The molecule has 0 unspecified atom stereocenters. The van der Waals surface area contributed by atoms with E-state index < -0.39 is 0 Å². The fraction of sp³-hybridized carbons (Fsp3) is 0.357. The largest absolute Gasteiger partial charge is 0.486 e. The van der Waals surface area contributed by atoms with Gasteiger partial charge in [0.15, 0.2) is 16.6 Å². The Hall–Kier alpha value is -3.52. The molecule has 4 heterocycles. The van der Waals surface area contributed by atoms with E-state index in [0.717, 1.165) is 79.0 Å². The smallest absolute Gasteiger partial charge is 0.255 e. The van der Waals surface area contributed by atoms with Crippen LogP contribution in [0.25, 0.3) is 5.69 Å². The molecule has 1 amide bonds. The van der Waals surface area contributed by atoms with Crippen LogP contribution in [-0.4, -0.2) is 64.8 Å². The van der Waals surface area contributed by atoms with Crippen molar-refractivity contribution in [1.82, 2.24) is 14.4 Å². The molecule has 2 saturated heterocycles. The lowest BCUT2D eigenvalue weighted by molar-refractivity contribution is 0.0599. The van der Waals surface area contributed by atoms with Gasteiger partial charge in [-0.25, -0.2) is 0 Å². The summed E-state index contributed by atoms with van der Waals surface area (Å²) in [6.45, 7) is 4.54. The molecule has 6 rings (SSSR count). The topological polar surface area (TPSA) is 59.0 Å². The summed E-state index contributed by atoms with van der Waals surface area (Å²) in [7, 11) is 0.